The van der Waals surface area contributed by atoms with Crippen molar-refractivity contribution in [3.8, 4) is 0 Å². The van der Waals surface area contributed by atoms with Crippen molar-refractivity contribution in [3.63, 3.8) is 0 Å². The van der Waals surface area contributed by atoms with Gasteiger partial charge in [0.15, 0.2) is 0 Å². The van der Waals surface area contributed by atoms with Crippen molar-refractivity contribution < 1.29 is 9.90 Å². The van der Waals surface area contributed by atoms with Crippen molar-refractivity contribution in [2.24, 2.45) is 5.92 Å². The Morgan fingerprint density at radius 3 is 3.11 bits per heavy atom. The van der Waals surface area contributed by atoms with Crippen molar-refractivity contribution in [1.29, 1.82) is 0 Å². The van der Waals surface area contributed by atoms with Crippen molar-refractivity contribution >= 4 is 32.5 Å². The molecule has 5 heteroatoms. The fourth-order valence-electron chi connectivity index (χ4n) is 3.24. The Morgan fingerprint density at radius 2 is 2.47 bits per heavy atom. The van der Waals surface area contributed by atoms with Gasteiger partial charge in [-0.2, -0.15) is 0 Å². The molecule has 0 aromatic carbocycles. The first kappa shape index (κ1) is 13.7. The number of hydrogen-bond acceptors (Lipinski definition) is 2. The molecule has 104 valence electrons. The van der Waals surface area contributed by atoms with Gasteiger partial charge in [-0.3, -0.25) is 0 Å². The zero-order chi connectivity index (χ0) is 13.5. The molecule has 2 aliphatic heterocycles. The molecular formula is C14H18ClNO2Se. The summed E-state index contributed by atoms with van der Waals surface area (Å²) >= 11 is 5.84. The first-order valence-corrected chi connectivity index (χ1v) is 9.16. The summed E-state index contributed by atoms with van der Waals surface area (Å²) < 4.78 is -0.555. The van der Waals surface area contributed by atoms with Crippen LogP contribution in [0.4, 0.5) is 0 Å². The predicted octanol–water partition coefficient (Wildman–Crippen LogP) is 1.59. The summed E-state index contributed by atoms with van der Waals surface area (Å²) in [6, 6.07) is 0.0316. The number of hydrogen-bond donors (Lipinski definition) is 2. The number of fused-ring (bicyclic) bond motifs is 1. The number of amides is 1. The van der Waals surface area contributed by atoms with Crippen LogP contribution in [0.1, 0.15) is 25.7 Å². The number of aliphatic hydroxyl groups excluding tert-OH is 1. The number of carbonyl (C=O) groups is 1. The standard InChI is InChI=1S/C14H18ClNO2Se/c15-7-6-10-8-19-14(11(10)16-13(14)18)12(17)9-4-2-1-3-5-9/h2,4,8-9,11-12,17H,1,3,5-7H2,(H,16,18)/t9?,11-,12-,14-/m0/s1. The molecule has 0 bridgehead atoms. The van der Waals surface area contributed by atoms with Crippen LogP contribution < -0.4 is 5.32 Å². The van der Waals surface area contributed by atoms with Gasteiger partial charge in [0.25, 0.3) is 0 Å². The third-order valence-corrected chi connectivity index (χ3v) is 7.63. The molecule has 1 fully saturated rings. The predicted molar refractivity (Wildman–Crippen MR) is 76.3 cm³/mol. The molecule has 3 rings (SSSR count). The van der Waals surface area contributed by atoms with Gasteiger partial charge in [-0.25, -0.2) is 0 Å². The number of halogens is 1. The van der Waals surface area contributed by atoms with E-state index in [2.05, 4.69) is 22.4 Å². The van der Waals surface area contributed by atoms with E-state index in [0.717, 1.165) is 25.7 Å². The summed E-state index contributed by atoms with van der Waals surface area (Å²) in [5.74, 6) is 0.738. The molecule has 2 heterocycles. The maximum atomic E-state index is 12.1. The third-order valence-electron chi connectivity index (χ3n) is 4.35. The van der Waals surface area contributed by atoms with Crippen LogP contribution in [0.3, 0.4) is 0 Å². The van der Waals surface area contributed by atoms with Crippen LogP contribution in [0.2, 0.25) is 4.31 Å². The molecular weight excluding hydrogens is 329 g/mol. The Hall–Kier alpha value is -0.281. The van der Waals surface area contributed by atoms with E-state index in [0.29, 0.717) is 5.88 Å². The molecule has 3 nitrogen and oxygen atoms in total. The monoisotopic (exact) mass is 347 g/mol. The van der Waals surface area contributed by atoms with Gasteiger partial charge in [0.1, 0.15) is 0 Å². The van der Waals surface area contributed by atoms with E-state index in [1.54, 1.807) is 0 Å². The van der Waals surface area contributed by atoms with Crippen LogP contribution in [0.25, 0.3) is 0 Å². The van der Waals surface area contributed by atoms with Gasteiger partial charge >= 0.3 is 124 Å². The molecule has 1 saturated heterocycles. The summed E-state index contributed by atoms with van der Waals surface area (Å²) in [4.78, 5) is 14.3. The van der Waals surface area contributed by atoms with Gasteiger partial charge in [0.2, 0.25) is 0 Å². The van der Waals surface area contributed by atoms with Gasteiger partial charge in [-0.05, 0) is 0 Å². The number of alkyl halides is 1. The fourth-order valence-corrected chi connectivity index (χ4v) is 6.45. The van der Waals surface area contributed by atoms with E-state index < -0.39 is 10.4 Å². The van der Waals surface area contributed by atoms with E-state index in [1.807, 2.05) is 0 Å². The molecule has 0 radical (unpaired) electrons. The number of carbonyl (C=O) groups excluding carboxylic acids is 1. The third kappa shape index (κ3) is 2.01. The average molecular weight is 347 g/mol. The second kappa shape index (κ2) is 5.25. The van der Waals surface area contributed by atoms with E-state index in [4.69, 9.17) is 11.6 Å². The summed E-state index contributed by atoms with van der Waals surface area (Å²) in [6.07, 6.45) is 7.67. The molecule has 19 heavy (non-hydrogen) atoms. The van der Waals surface area contributed by atoms with Crippen LogP contribution in [0.5, 0.6) is 0 Å². The van der Waals surface area contributed by atoms with Gasteiger partial charge in [-0.1, -0.05) is 0 Å². The first-order valence-electron chi connectivity index (χ1n) is 6.78. The molecule has 3 aliphatic rings. The normalized spacial score (nSPS) is 38.2. The molecule has 2 N–H and O–H groups in total. The molecule has 1 amide bonds. The molecule has 0 spiro atoms. The minimum absolute atomic E-state index is 0.0316. The summed E-state index contributed by atoms with van der Waals surface area (Å²) in [6.45, 7) is 0. The number of aliphatic hydroxyl groups is 1. The van der Waals surface area contributed by atoms with E-state index in [1.165, 1.54) is 5.57 Å². The number of nitrogens with one attached hydrogen (secondary N) is 1. The summed E-state index contributed by atoms with van der Waals surface area (Å²) in [5.41, 5.74) is 1.22. The van der Waals surface area contributed by atoms with Crippen LogP contribution in [0, 0.1) is 5.92 Å². The van der Waals surface area contributed by atoms with Gasteiger partial charge in [-0.15, -0.1) is 0 Å². The second-order valence-corrected chi connectivity index (χ2v) is 8.20. The Labute approximate surface area is 124 Å². The number of rotatable bonds is 4. The van der Waals surface area contributed by atoms with E-state index in [9.17, 15) is 9.90 Å². The van der Waals surface area contributed by atoms with Crippen molar-refractivity contribution in [2.45, 2.75) is 42.1 Å². The summed E-state index contributed by atoms with van der Waals surface area (Å²) in [5, 5.41) is 13.7. The minimum atomic E-state index is -0.555. The maximum absolute atomic E-state index is 12.1. The zero-order valence-corrected chi connectivity index (χ0v) is 13.1. The Morgan fingerprint density at radius 1 is 1.63 bits per heavy atom. The van der Waals surface area contributed by atoms with Crippen molar-refractivity contribution in [3.05, 3.63) is 22.7 Å². The Bertz CT molecular complexity index is 451. The van der Waals surface area contributed by atoms with Crippen LogP contribution in [-0.2, 0) is 4.79 Å². The second-order valence-electron chi connectivity index (χ2n) is 5.42. The molecule has 1 unspecified atom stereocenters. The van der Waals surface area contributed by atoms with Gasteiger partial charge in [0.05, 0.1) is 0 Å². The molecule has 0 aromatic rings. The SMILES string of the molecule is O=C1N[C@H]2C(CCCl)=C[Se][C@@]12[C@@H](O)C1C=CCCC1. The number of allylic oxidation sites excluding steroid dienone is 1. The van der Waals surface area contributed by atoms with E-state index >= 15 is 0 Å². The molecule has 0 aromatic heterocycles. The number of β-lactam (4-membered cyclic amide) rings is 1. The first-order chi connectivity index (χ1) is 9.20. The van der Waals surface area contributed by atoms with Crippen LogP contribution >= 0.6 is 11.6 Å². The Kier molecular flexibility index (Phi) is 3.78. The average Bonchev–Trinajstić information content (AvgIpc) is 2.73. The van der Waals surface area contributed by atoms with Gasteiger partial charge in [0, 0.05) is 0 Å². The topological polar surface area (TPSA) is 49.3 Å². The van der Waals surface area contributed by atoms with Gasteiger partial charge < -0.3 is 0 Å². The molecule has 0 saturated carbocycles. The zero-order valence-electron chi connectivity index (χ0n) is 10.6. The van der Waals surface area contributed by atoms with Crippen molar-refractivity contribution in [2.75, 3.05) is 5.88 Å². The van der Waals surface area contributed by atoms with Crippen molar-refractivity contribution in [1.82, 2.24) is 5.32 Å². The van der Waals surface area contributed by atoms with Crippen LogP contribution in [0.15, 0.2) is 22.7 Å². The summed E-state index contributed by atoms with van der Waals surface area (Å²) in [7, 11) is 0. The Balaban J connectivity index is 1.80. The molecule has 1 aliphatic carbocycles. The quantitative estimate of drug-likeness (QED) is 0.351. The van der Waals surface area contributed by atoms with E-state index in [-0.39, 0.29) is 32.8 Å². The van der Waals surface area contributed by atoms with Crippen LogP contribution in [-0.4, -0.2) is 44.0 Å². The molecule has 4 atom stereocenters. The fraction of sp³-hybridized carbons (Fsp3) is 0.643.